The summed E-state index contributed by atoms with van der Waals surface area (Å²) < 4.78 is 0. The number of rotatable bonds is 0. The van der Waals surface area contributed by atoms with Crippen molar-refractivity contribution in [2.45, 2.75) is 7.43 Å². The van der Waals surface area contributed by atoms with Crippen molar-refractivity contribution in [2.75, 3.05) is 0 Å². The minimum Gasteiger partial charge on any atom is -1.00 e. The normalized spacial score (nSPS) is 0. The minimum atomic E-state index is 0. The van der Waals surface area contributed by atoms with Gasteiger partial charge in [0.2, 0.25) is 0 Å². The third-order valence-corrected chi connectivity index (χ3v) is 0. The molecule has 0 bridgehead atoms. The average Bonchev–Trinajstić information content (AvgIpc) is 0. The molecule has 0 aromatic heterocycles. The van der Waals surface area contributed by atoms with E-state index in [9.17, 15) is 0 Å². The first-order valence-electron chi connectivity index (χ1n) is 0. The Morgan fingerprint density at radius 1 is 1.25 bits per heavy atom. The van der Waals surface area contributed by atoms with Crippen LogP contribution in [0.5, 0.6) is 0 Å². The molecule has 0 aromatic carbocycles. The van der Waals surface area contributed by atoms with Crippen LogP contribution in [0.1, 0.15) is 10.3 Å². The number of hydrogen-bond acceptors (Lipinski definition) is 1. The van der Waals surface area contributed by atoms with Crippen molar-refractivity contribution >= 4 is 23.1 Å². The van der Waals surface area contributed by atoms with Gasteiger partial charge in [0.05, 0.1) is 0 Å². The van der Waals surface area contributed by atoms with E-state index in [2.05, 4.69) is 0 Å². The third kappa shape index (κ3) is 16.2. The van der Waals surface area contributed by atoms with Crippen LogP contribution in [-0.4, -0.2) is 28.5 Å². The van der Waals surface area contributed by atoms with E-state index in [0.717, 1.165) is 0 Å². The van der Waals surface area contributed by atoms with Gasteiger partial charge in [-0.25, -0.2) is 0 Å². The van der Waals surface area contributed by atoms with Gasteiger partial charge in [-0.3, -0.25) is 0 Å². The quantitative estimate of drug-likeness (QED) is 0.400. The molecule has 0 amide bonds. The van der Waals surface area contributed by atoms with Gasteiger partial charge in [-0.2, -0.15) is 0 Å². The first kappa shape index (κ1) is 135. The average molecular weight is 77.4 g/mol. The Labute approximate surface area is 45.6 Å². The predicted molar refractivity (Wildman–Crippen MR) is 23.3 cm³/mol. The predicted octanol–water partition coefficient (Wildman–Crippen LogP) is -0.182. The van der Waals surface area contributed by atoms with Crippen LogP contribution >= 0.6 is 0 Å². The molecule has 0 fully saturated rings. The smallest absolute Gasteiger partial charge is 1.00 e. The van der Waals surface area contributed by atoms with Crippen molar-refractivity contribution in [1.82, 2.24) is 6.15 Å². The first-order valence-corrected chi connectivity index (χ1v) is 0. The van der Waals surface area contributed by atoms with E-state index in [1.807, 2.05) is 0 Å². The Bertz CT molecular complexity index is 13.5. The second-order valence-electron chi connectivity index (χ2n) is 0. The zero-order chi connectivity index (χ0) is 0. The monoisotopic (exact) mass is 77.1 g/mol. The largest absolute Gasteiger partial charge is 2.00 e. The summed E-state index contributed by atoms with van der Waals surface area (Å²) in [4.78, 5) is 0. The van der Waals surface area contributed by atoms with Gasteiger partial charge in [0.15, 0.2) is 0 Å². The fourth-order valence-corrected chi connectivity index (χ4v) is 0. The van der Waals surface area contributed by atoms with Crippen molar-refractivity contribution in [1.29, 1.82) is 0 Å². The van der Waals surface area contributed by atoms with Crippen molar-refractivity contribution in [2.24, 2.45) is 0 Å². The van der Waals surface area contributed by atoms with Crippen LogP contribution < -0.4 is 6.15 Å². The molecule has 0 radical (unpaired) electrons. The van der Waals surface area contributed by atoms with Crippen molar-refractivity contribution in [3.63, 3.8) is 0 Å². The summed E-state index contributed by atoms with van der Waals surface area (Å²) in [6.07, 6.45) is 0. The third-order valence-electron chi connectivity index (χ3n) is 0. The van der Waals surface area contributed by atoms with Gasteiger partial charge in [-0.1, -0.05) is 7.43 Å². The van der Waals surface area contributed by atoms with E-state index in [-0.39, 0.29) is 45.0 Å². The van der Waals surface area contributed by atoms with Crippen LogP contribution in [0.2, 0.25) is 0 Å². The van der Waals surface area contributed by atoms with Crippen LogP contribution in [0.3, 0.4) is 0 Å². The zero-order valence-electron chi connectivity index (χ0n) is 3.91. The molecular weight excluding hydrogens is 66.3 g/mol. The molecule has 0 rings (SSSR count). The summed E-state index contributed by atoms with van der Waals surface area (Å²) in [6, 6.07) is 0. The van der Waals surface area contributed by atoms with Gasteiger partial charge in [0, 0.05) is 0 Å². The van der Waals surface area contributed by atoms with Gasteiger partial charge < -0.3 is 14.5 Å². The van der Waals surface area contributed by atoms with Crippen LogP contribution in [-0.2, 0) is 0 Å². The molecular formula is CH11MgNO. The Balaban J connectivity index is 0. The molecule has 0 aliphatic heterocycles. The fraction of sp³-hybridized carbons (Fsp3) is 1.00. The Morgan fingerprint density at radius 3 is 1.25 bits per heavy atom. The summed E-state index contributed by atoms with van der Waals surface area (Å²) >= 11 is 0. The zero-order valence-corrected chi connectivity index (χ0v) is 3.33. The fourth-order valence-electron chi connectivity index (χ4n) is 0. The van der Waals surface area contributed by atoms with Gasteiger partial charge in [0.25, 0.3) is 0 Å². The van der Waals surface area contributed by atoms with Crippen molar-refractivity contribution in [3.8, 4) is 0 Å². The van der Waals surface area contributed by atoms with Crippen LogP contribution in [0, 0.1) is 0 Å². The maximum atomic E-state index is 0. The molecule has 28 valence electrons. The molecule has 0 aliphatic carbocycles. The van der Waals surface area contributed by atoms with Crippen LogP contribution in [0.25, 0.3) is 0 Å². The maximum Gasteiger partial charge on any atom is 2.00 e. The summed E-state index contributed by atoms with van der Waals surface area (Å²) in [5, 5.41) is 0. The number of hydrogen-bond donors (Lipinski definition) is 1. The molecule has 0 spiro atoms. The molecule has 0 aromatic rings. The standard InChI is InChI=1S/CH4.Mg.H3N.H2O.2H/h1H4;;1H3;1H2;;/q;+2;;;2*-1. The second kappa shape index (κ2) is 56.5. The van der Waals surface area contributed by atoms with Gasteiger partial charge in [0.1, 0.15) is 0 Å². The molecule has 3 heteroatoms. The van der Waals surface area contributed by atoms with E-state index in [0.29, 0.717) is 0 Å². The molecule has 0 atom stereocenters. The van der Waals surface area contributed by atoms with E-state index < -0.39 is 0 Å². The second-order valence-corrected chi connectivity index (χ2v) is 0. The van der Waals surface area contributed by atoms with Crippen LogP contribution in [0.4, 0.5) is 0 Å². The summed E-state index contributed by atoms with van der Waals surface area (Å²) in [5.41, 5.74) is 0. The van der Waals surface area contributed by atoms with Gasteiger partial charge >= 0.3 is 23.1 Å². The molecule has 0 heterocycles. The van der Waals surface area contributed by atoms with Gasteiger partial charge in [-0.05, 0) is 0 Å². The minimum absolute atomic E-state index is 0. The first-order chi connectivity index (χ1) is 0. The molecule has 5 N–H and O–H groups in total. The van der Waals surface area contributed by atoms with E-state index in [4.69, 9.17) is 0 Å². The SMILES string of the molecule is C.N.O.[H-].[H-].[Mg+2]. The summed E-state index contributed by atoms with van der Waals surface area (Å²) in [7, 11) is 0. The summed E-state index contributed by atoms with van der Waals surface area (Å²) in [6.45, 7) is 0. The molecule has 0 saturated carbocycles. The van der Waals surface area contributed by atoms with Crippen LogP contribution in [0.15, 0.2) is 0 Å². The summed E-state index contributed by atoms with van der Waals surface area (Å²) in [5.74, 6) is 0. The molecule has 0 aliphatic rings. The Morgan fingerprint density at radius 2 is 1.25 bits per heavy atom. The molecule has 4 heavy (non-hydrogen) atoms. The van der Waals surface area contributed by atoms with E-state index in [1.165, 1.54) is 0 Å². The van der Waals surface area contributed by atoms with Crippen molar-refractivity contribution in [3.05, 3.63) is 0 Å². The Hall–Kier alpha value is 0.686. The topological polar surface area (TPSA) is 66.5 Å². The molecule has 0 unspecified atom stereocenters. The van der Waals surface area contributed by atoms with E-state index in [1.54, 1.807) is 0 Å². The van der Waals surface area contributed by atoms with E-state index >= 15 is 0 Å². The molecule has 0 saturated heterocycles. The Kier molecular flexibility index (Phi) is 1910. The maximum absolute atomic E-state index is 0. The molecule has 2 nitrogen and oxygen atoms in total. The van der Waals surface area contributed by atoms with Gasteiger partial charge in [-0.15, -0.1) is 0 Å². The van der Waals surface area contributed by atoms with Crippen molar-refractivity contribution < 1.29 is 8.33 Å².